The molecule has 0 atom stereocenters. The number of ether oxygens (including phenoxy) is 1. The van der Waals surface area contributed by atoms with Crippen LogP contribution in [0.4, 0.5) is 0 Å². The molecule has 4 rings (SSSR count). The molecule has 0 aliphatic heterocycles. The Kier molecular flexibility index (Phi) is 4.32. The van der Waals surface area contributed by atoms with Gasteiger partial charge >= 0.3 is 0 Å². The predicted molar refractivity (Wildman–Crippen MR) is 106 cm³/mol. The Labute approximate surface area is 151 Å². The van der Waals surface area contributed by atoms with E-state index >= 15 is 0 Å². The van der Waals surface area contributed by atoms with Gasteiger partial charge in [0.2, 0.25) is 0 Å². The van der Waals surface area contributed by atoms with Crippen LogP contribution >= 0.6 is 11.3 Å². The molecule has 3 aromatic carbocycles. The highest BCUT2D eigenvalue weighted by Crippen LogP contribution is 2.34. The number of nitrogens with zero attached hydrogens (tertiary/aromatic N) is 1. The zero-order valence-electron chi connectivity index (χ0n) is 13.8. The number of fused-ring (bicyclic) bond motifs is 1. The van der Waals surface area contributed by atoms with Crippen LogP contribution < -0.4 is 4.74 Å². The van der Waals surface area contributed by atoms with Crippen LogP contribution in [0.5, 0.6) is 5.75 Å². The predicted octanol–water partition coefficient (Wildman–Crippen LogP) is 5.89. The summed E-state index contributed by atoms with van der Waals surface area (Å²) in [5.74, 6) is 0.858. The topological polar surface area (TPSA) is 22.1 Å². The van der Waals surface area contributed by atoms with E-state index in [0.717, 1.165) is 33.0 Å². The highest BCUT2D eigenvalue weighted by Gasteiger charge is 2.12. The fraction of sp³-hybridized carbons (Fsp3) is 0.0455. The number of para-hydroxylation sites is 2. The Morgan fingerprint density at radius 1 is 0.880 bits per heavy atom. The van der Waals surface area contributed by atoms with E-state index in [1.165, 1.54) is 4.70 Å². The van der Waals surface area contributed by atoms with Gasteiger partial charge in [-0.2, -0.15) is 0 Å². The number of hydrogen-bond donors (Lipinski definition) is 0. The number of rotatable bonds is 4. The molecular weight excluding hydrogens is 326 g/mol. The summed E-state index contributed by atoms with van der Waals surface area (Å²) in [6.07, 6.45) is 2.16. The van der Waals surface area contributed by atoms with Gasteiger partial charge in [0.05, 0.1) is 17.3 Å². The van der Waals surface area contributed by atoms with E-state index in [-0.39, 0.29) is 0 Å². The van der Waals surface area contributed by atoms with Crippen LogP contribution in [0.25, 0.3) is 21.9 Å². The van der Waals surface area contributed by atoms with Gasteiger partial charge in [0.15, 0.2) is 0 Å². The van der Waals surface area contributed by atoms with Gasteiger partial charge in [-0.1, -0.05) is 60.7 Å². The Morgan fingerprint density at radius 3 is 2.40 bits per heavy atom. The highest BCUT2D eigenvalue weighted by atomic mass is 32.1. The van der Waals surface area contributed by atoms with Gasteiger partial charge in [0.1, 0.15) is 10.8 Å². The Morgan fingerprint density at radius 2 is 1.60 bits per heavy atom. The lowest BCUT2D eigenvalue weighted by Crippen LogP contribution is -1.90. The molecule has 0 fully saturated rings. The van der Waals surface area contributed by atoms with E-state index in [0.29, 0.717) is 0 Å². The molecule has 0 spiro atoms. The van der Waals surface area contributed by atoms with Crippen molar-refractivity contribution in [2.45, 2.75) is 0 Å². The van der Waals surface area contributed by atoms with Gasteiger partial charge in [-0.15, -0.1) is 11.3 Å². The summed E-state index contributed by atoms with van der Waals surface area (Å²) in [6.45, 7) is 0. The van der Waals surface area contributed by atoms with Crippen molar-refractivity contribution in [2.75, 3.05) is 7.11 Å². The maximum atomic E-state index is 5.52. The highest BCUT2D eigenvalue weighted by molar-refractivity contribution is 7.19. The molecular formula is C22H17NOS. The van der Waals surface area contributed by atoms with Crippen molar-refractivity contribution in [2.24, 2.45) is 0 Å². The molecule has 0 aliphatic carbocycles. The third-order valence-electron chi connectivity index (χ3n) is 4.05. The molecule has 0 radical (unpaired) electrons. The van der Waals surface area contributed by atoms with Gasteiger partial charge in [-0.25, -0.2) is 4.98 Å². The summed E-state index contributed by atoms with van der Waals surface area (Å²) in [7, 11) is 1.70. The molecule has 2 nitrogen and oxygen atoms in total. The quantitative estimate of drug-likeness (QED) is 0.431. The van der Waals surface area contributed by atoms with E-state index in [2.05, 4.69) is 54.6 Å². The number of hydrogen-bond acceptors (Lipinski definition) is 3. The van der Waals surface area contributed by atoms with Gasteiger partial charge < -0.3 is 4.74 Å². The summed E-state index contributed by atoms with van der Waals surface area (Å²) < 4.78 is 6.71. The fourth-order valence-corrected chi connectivity index (χ4v) is 3.82. The summed E-state index contributed by atoms with van der Waals surface area (Å²) in [5.41, 5.74) is 4.33. The maximum Gasteiger partial charge on any atom is 0.126 e. The van der Waals surface area contributed by atoms with Gasteiger partial charge in [-0.3, -0.25) is 0 Å². The van der Waals surface area contributed by atoms with Gasteiger partial charge in [0.25, 0.3) is 0 Å². The number of aromatic nitrogens is 1. The lowest BCUT2D eigenvalue weighted by molar-refractivity contribution is 0.414. The van der Waals surface area contributed by atoms with Crippen molar-refractivity contribution < 1.29 is 4.74 Å². The molecule has 0 amide bonds. The SMILES string of the molecule is COc1ccccc1C=C(c1ccccc1)c1nc2ccccc2s1. The zero-order valence-corrected chi connectivity index (χ0v) is 14.7. The number of benzene rings is 3. The van der Waals surface area contributed by atoms with E-state index < -0.39 is 0 Å². The molecule has 0 aliphatic rings. The van der Waals surface area contributed by atoms with Crippen LogP contribution in [-0.4, -0.2) is 12.1 Å². The second kappa shape index (κ2) is 6.91. The molecule has 1 aromatic heterocycles. The summed E-state index contributed by atoms with van der Waals surface area (Å²) >= 11 is 1.71. The van der Waals surface area contributed by atoms with E-state index in [1.54, 1.807) is 18.4 Å². The minimum Gasteiger partial charge on any atom is -0.496 e. The van der Waals surface area contributed by atoms with Crippen molar-refractivity contribution in [3.8, 4) is 5.75 Å². The molecule has 3 heteroatoms. The second-order valence-electron chi connectivity index (χ2n) is 5.65. The third kappa shape index (κ3) is 3.19. The fourth-order valence-electron chi connectivity index (χ4n) is 2.81. The van der Waals surface area contributed by atoms with Crippen molar-refractivity contribution in [1.29, 1.82) is 0 Å². The molecule has 0 saturated carbocycles. The maximum absolute atomic E-state index is 5.52. The number of methoxy groups -OCH3 is 1. The van der Waals surface area contributed by atoms with E-state index in [9.17, 15) is 0 Å². The monoisotopic (exact) mass is 343 g/mol. The lowest BCUT2D eigenvalue weighted by atomic mass is 10.0. The van der Waals surface area contributed by atoms with Crippen LogP contribution in [0.3, 0.4) is 0 Å². The molecule has 1 heterocycles. The van der Waals surface area contributed by atoms with E-state index in [1.807, 2.05) is 30.3 Å². The Bertz CT molecular complexity index is 1000. The smallest absolute Gasteiger partial charge is 0.126 e. The van der Waals surface area contributed by atoms with Gasteiger partial charge in [0, 0.05) is 11.1 Å². The molecule has 0 saturated heterocycles. The van der Waals surface area contributed by atoms with Crippen LogP contribution in [0.15, 0.2) is 78.9 Å². The first-order valence-corrected chi connectivity index (χ1v) is 8.93. The van der Waals surface area contributed by atoms with Crippen LogP contribution in [-0.2, 0) is 0 Å². The van der Waals surface area contributed by atoms with Crippen LogP contribution in [0.1, 0.15) is 16.1 Å². The van der Waals surface area contributed by atoms with Gasteiger partial charge in [-0.05, 0) is 29.8 Å². The minimum atomic E-state index is 0.858. The molecule has 0 N–H and O–H groups in total. The zero-order chi connectivity index (χ0) is 17.1. The van der Waals surface area contributed by atoms with Crippen LogP contribution in [0.2, 0.25) is 0 Å². The average molecular weight is 343 g/mol. The third-order valence-corrected chi connectivity index (χ3v) is 5.12. The molecule has 4 aromatic rings. The molecule has 25 heavy (non-hydrogen) atoms. The molecule has 0 unspecified atom stereocenters. The number of thiazole rings is 1. The molecule has 0 bridgehead atoms. The normalized spacial score (nSPS) is 11.6. The summed E-state index contributed by atoms with van der Waals surface area (Å²) in [6, 6.07) is 26.7. The Hall–Kier alpha value is -2.91. The van der Waals surface area contributed by atoms with Crippen molar-refractivity contribution in [3.05, 3.63) is 95.0 Å². The minimum absolute atomic E-state index is 0.858. The first-order chi connectivity index (χ1) is 12.3. The lowest BCUT2D eigenvalue weighted by Gasteiger charge is -2.08. The molecule has 122 valence electrons. The Balaban J connectivity index is 1.92. The van der Waals surface area contributed by atoms with E-state index in [4.69, 9.17) is 9.72 Å². The summed E-state index contributed by atoms with van der Waals surface area (Å²) in [4.78, 5) is 4.85. The van der Waals surface area contributed by atoms with Crippen molar-refractivity contribution in [1.82, 2.24) is 4.98 Å². The standard InChI is InChI=1S/C22H17NOS/c1-24-20-13-7-5-11-17(20)15-18(16-9-3-2-4-10-16)22-23-19-12-6-8-14-21(19)25-22/h2-15H,1H3. The van der Waals surface area contributed by atoms with Crippen LogP contribution in [0, 0.1) is 0 Å². The van der Waals surface area contributed by atoms with Crippen molar-refractivity contribution in [3.63, 3.8) is 0 Å². The second-order valence-corrected chi connectivity index (χ2v) is 6.68. The first kappa shape index (κ1) is 15.6. The first-order valence-electron chi connectivity index (χ1n) is 8.11. The van der Waals surface area contributed by atoms with Crippen molar-refractivity contribution >= 4 is 33.2 Å². The summed E-state index contributed by atoms with van der Waals surface area (Å²) in [5, 5.41) is 1.01. The largest absolute Gasteiger partial charge is 0.496 e. The average Bonchev–Trinajstić information content (AvgIpc) is 3.11.